The molecule has 0 aliphatic carbocycles. The molecule has 0 bridgehead atoms. The van der Waals surface area contributed by atoms with Crippen LogP contribution in [0.25, 0.3) is 11.0 Å². The normalized spacial score (nSPS) is 13.8. The predicted octanol–water partition coefficient (Wildman–Crippen LogP) is 3.76. The highest BCUT2D eigenvalue weighted by atomic mass is 16.6. The maximum atomic E-state index is 12.6. The van der Waals surface area contributed by atoms with Crippen LogP contribution < -0.4 is 25.2 Å². The average molecular weight is 423 g/mol. The minimum Gasteiger partial charge on any atom is -0.486 e. The van der Waals surface area contributed by atoms with Gasteiger partial charge >= 0.3 is 5.63 Å². The standard InChI is InChI=1S/C24H25NO6/c1-14(2)24(16-4-7-19-21(11-16)29-9-8-28-19)25-22(26)13-30-17-5-6-18-15(3)10-23(27)31-20(18)12-17/h4-7,10-12,14,24H,8-9,13H2,1-3H3,(H,25,26)/t24-/m0/s1. The minimum absolute atomic E-state index is 0.157. The Balaban J connectivity index is 1.44. The Morgan fingerprint density at radius 3 is 2.61 bits per heavy atom. The van der Waals surface area contributed by atoms with Gasteiger partial charge in [-0.25, -0.2) is 4.79 Å². The summed E-state index contributed by atoms with van der Waals surface area (Å²) in [6.45, 7) is 6.80. The van der Waals surface area contributed by atoms with Crippen molar-refractivity contribution < 1.29 is 23.4 Å². The quantitative estimate of drug-likeness (QED) is 0.608. The van der Waals surface area contributed by atoms with Gasteiger partial charge in [-0.1, -0.05) is 19.9 Å². The van der Waals surface area contributed by atoms with Crippen LogP contribution >= 0.6 is 0 Å². The smallest absolute Gasteiger partial charge is 0.336 e. The van der Waals surface area contributed by atoms with Gasteiger partial charge in [0.25, 0.3) is 5.91 Å². The maximum absolute atomic E-state index is 12.6. The molecule has 0 saturated carbocycles. The Morgan fingerprint density at radius 1 is 1.06 bits per heavy atom. The van der Waals surface area contributed by atoms with Gasteiger partial charge in [-0.3, -0.25) is 4.79 Å². The number of hydrogen-bond acceptors (Lipinski definition) is 6. The molecule has 31 heavy (non-hydrogen) atoms. The lowest BCUT2D eigenvalue weighted by molar-refractivity contribution is -0.124. The lowest BCUT2D eigenvalue weighted by atomic mass is 9.95. The van der Waals surface area contributed by atoms with E-state index < -0.39 is 5.63 Å². The fraction of sp³-hybridized carbons (Fsp3) is 0.333. The van der Waals surface area contributed by atoms with E-state index >= 15 is 0 Å². The van der Waals surface area contributed by atoms with E-state index in [0.29, 0.717) is 36.0 Å². The number of fused-ring (bicyclic) bond motifs is 2. The van der Waals surface area contributed by atoms with Gasteiger partial charge in [-0.05, 0) is 48.2 Å². The second-order valence-corrected chi connectivity index (χ2v) is 7.89. The average Bonchev–Trinajstić information content (AvgIpc) is 2.75. The van der Waals surface area contributed by atoms with Crippen molar-refractivity contribution in [1.29, 1.82) is 0 Å². The number of rotatable bonds is 6. The third-order valence-electron chi connectivity index (χ3n) is 5.20. The monoisotopic (exact) mass is 423 g/mol. The Morgan fingerprint density at radius 2 is 1.84 bits per heavy atom. The SMILES string of the molecule is Cc1cc(=O)oc2cc(OCC(=O)N[C@H](c3ccc4c(c3)OCCO4)C(C)C)ccc12. The first kappa shape index (κ1) is 20.8. The summed E-state index contributed by atoms with van der Waals surface area (Å²) >= 11 is 0. The highest BCUT2D eigenvalue weighted by Crippen LogP contribution is 2.34. The zero-order chi connectivity index (χ0) is 22.0. The number of amides is 1. The summed E-state index contributed by atoms with van der Waals surface area (Å²) in [7, 11) is 0. The number of ether oxygens (including phenoxy) is 3. The van der Waals surface area contributed by atoms with Crippen molar-refractivity contribution in [3.8, 4) is 17.2 Å². The molecule has 0 saturated heterocycles. The Bertz CT molecular complexity index is 1170. The molecule has 162 valence electrons. The van der Waals surface area contributed by atoms with Crippen LogP contribution in [0.3, 0.4) is 0 Å². The molecule has 3 aromatic rings. The maximum Gasteiger partial charge on any atom is 0.336 e. The molecule has 0 spiro atoms. The molecular weight excluding hydrogens is 398 g/mol. The highest BCUT2D eigenvalue weighted by Gasteiger charge is 2.21. The van der Waals surface area contributed by atoms with Gasteiger partial charge in [0.15, 0.2) is 18.1 Å². The topological polar surface area (TPSA) is 87.0 Å². The van der Waals surface area contributed by atoms with E-state index in [0.717, 1.165) is 16.5 Å². The molecule has 0 unspecified atom stereocenters. The molecule has 2 aromatic carbocycles. The van der Waals surface area contributed by atoms with Crippen LogP contribution in [-0.4, -0.2) is 25.7 Å². The van der Waals surface area contributed by atoms with Crippen molar-refractivity contribution >= 4 is 16.9 Å². The number of aryl methyl sites for hydroxylation is 1. The molecular formula is C24H25NO6. The third-order valence-corrected chi connectivity index (χ3v) is 5.20. The van der Waals surface area contributed by atoms with Gasteiger partial charge in [0.05, 0.1) is 6.04 Å². The molecule has 1 N–H and O–H groups in total. The molecule has 1 amide bonds. The largest absolute Gasteiger partial charge is 0.486 e. The van der Waals surface area contributed by atoms with Crippen molar-refractivity contribution in [2.45, 2.75) is 26.8 Å². The van der Waals surface area contributed by atoms with E-state index in [1.165, 1.54) is 6.07 Å². The highest BCUT2D eigenvalue weighted by molar-refractivity contribution is 5.82. The van der Waals surface area contributed by atoms with E-state index in [4.69, 9.17) is 18.6 Å². The van der Waals surface area contributed by atoms with Crippen LogP contribution in [0.1, 0.15) is 31.0 Å². The summed E-state index contributed by atoms with van der Waals surface area (Å²) in [4.78, 5) is 24.2. The van der Waals surface area contributed by atoms with Crippen molar-refractivity contribution in [2.75, 3.05) is 19.8 Å². The molecule has 1 aliphatic rings. The molecule has 1 aromatic heterocycles. The minimum atomic E-state index is -0.418. The summed E-state index contributed by atoms with van der Waals surface area (Å²) in [5, 5.41) is 3.86. The van der Waals surface area contributed by atoms with Crippen LogP contribution in [-0.2, 0) is 4.79 Å². The summed E-state index contributed by atoms with van der Waals surface area (Å²) in [5.41, 5.74) is 1.78. The Kier molecular flexibility index (Phi) is 5.84. The first-order chi connectivity index (χ1) is 14.9. The third kappa shape index (κ3) is 4.66. The molecule has 0 radical (unpaired) electrons. The van der Waals surface area contributed by atoms with Gasteiger partial charge in [-0.2, -0.15) is 0 Å². The second kappa shape index (κ2) is 8.71. The number of carbonyl (C=O) groups excluding carboxylic acids is 1. The van der Waals surface area contributed by atoms with E-state index in [-0.39, 0.29) is 24.5 Å². The first-order valence-electron chi connectivity index (χ1n) is 10.3. The van der Waals surface area contributed by atoms with Gasteiger partial charge in [-0.15, -0.1) is 0 Å². The molecule has 4 rings (SSSR count). The Labute approximate surface area is 179 Å². The zero-order valence-electron chi connectivity index (χ0n) is 17.8. The summed E-state index contributed by atoms with van der Waals surface area (Å²) in [5.74, 6) is 1.76. The van der Waals surface area contributed by atoms with Crippen LogP contribution in [0.4, 0.5) is 0 Å². The molecule has 0 fully saturated rings. The number of nitrogens with one attached hydrogen (secondary N) is 1. The zero-order valence-corrected chi connectivity index (χ0v) is 17.8. The van der Waals surface area contributed by atoms with Gasteiger partial charge in [0, 0.05) is 17.5 Å². The Hall–Kier alpha value is -3.48. The second-order valence-electron chi connectivity index (χ2n) is 7.89. The number of benzene rings is 2. The molecule has 7 heteroatoms. The van der Waals surface area contributed by atoms with Crippen LogP contribution in [0, 0.1) is 12.8 Å². The first-order valence-corrected chi connectivity index (χ1v) is 10.3. The van der Waals surface area contributed by atoms with Crippen molar-refractivity contribution in [3.05, 3.63) is 64.0 Å². The van der Waals surface area contributed by atoms with Crippen molar-refractivity contribution in [1.82, 2.24) is 5.32 Å². The van der Waals surface area contributed by atoms with Gasteiger partial charge in [0.2, 0.25) is 0 Å². The fourth-order valence-corrected chi connectivity index (χ4v) is 3.65. The van der Waals surface area contributed by atoms with Gasteiger partial charge in [0.1, 0.15) is 24.5 Å². The lowest BCUT2D eigenvalue weighted by Crippen LogP contribution is -2.35. The fourth-order valence-electron chi connectivity index (χ4n) is 3.65. The lowest BCUT2D eigenvalue weighted by Gasteiger charge is -2.25. The van der Waals surface area contributed by atoms with Crippen LogP contribution in [0.5, 0.6) is 17.2 Å². The molecule has 1 atom stereocenters. The van der Waals surface area contributed by atoms with Crippen molar-refractivity contribution in [3.63, 3.8) is 0 Å². The molecule has 2 heterocycles. The summed E-state index contributed by atoms with van der Waals surface area (Å²) in [6, 6.07) is 12.1. The number of carbonyl (C=O) groups is 1. The molecule has 7 nitrogen and oxygen atoms in total. The number of hydrogen-bond donors (Lipinski definition) is 1. The van der Waals surface area contributed by atoms with E-state index in [9.17, 15) is 9.59 Å². The summed E-state index contributed by atoms with van der Waals surface area (Å²) < 4.78 is 22.1. The molecule has 1 aliphatic heterocycles. The van der Waals surface area contributed by atoms with Gasteiger partial charge < -0.3 is 23.9 Å². The predicted molar refractivity (Wildman–Crippen MR) is 116 cm³/mol. The van der Waals surface area contributed by atoms with Crippen LogP contribution in [0.2, 0.25) is 0 Å². The van der Waals surface area contributed by atoms with Crippen LogP contribution in [0.15, 0.2) is 51.7 Å². The van der Waals surface area contributed by atoms with E-state index in [1.807, 2.05) is 45.0 Å². The van der Waals surface area contributed by atoms with E-state index in [1.54, 1.807) is 12.1 Å². The van der Waals surface area contributed by atoms with Crippen molar-refractivity contribution in [2.24, 2.45) is 5.92 Å². The van der Waals surface area contributed by atoms with E-state index in [2.05, 4.69) is 5.32 Å². The summed E-state index contributed by atoms with van der Waals surface area (Å²) in [6.07, 6.45) is 0.